The van der Waals surface area contributed by atoms with Crippen LogP contribution in [0.1, 0.15) is 24.8 Å². The van der Waals surface area contributed by atoms with Gasteiger partial charge in [-0.15, -0.1) is 0 Å². The van der Waals surface area contributed by atoms with Crippen molar-refractivity contribution in [3.8, 4) is 0 Å². The molecule has 1 aromatic carbocycles. The van der Waals surface area contributed by atoms with Crippen LogP contribution in [-0.4, -0.2) is 23.8 Å². The van der Waals surface area contributed by atoms with Crippen molar-refractivity contribution in [2.24, 2.45) is 0 Å². The summed E-state index contributed by atoms with van der Waals surface area (Å²) >= 11 is 0. The Morgan fingerprint density at radius 3 is 2.56 bits per heavy atom. The monoisotopic (exact) mass is 270 g/mol. The molecule has 0 heterocycles. The Morgan fingerprint density at radius 1 is 1.33 bits per heavy atom. The van der Waals surface area contributed by atoms with Crippen molar-refractivity contribution < 1.29 is 19.0 Å². The van der Waals surface area contributed by atoms with Crippen molar-refractivity contribution in [2.45, 2.75) is 31.3 Å². The van der Waals surface area contributed by atoms with Gasteiger partial charge in [-0.25, -0.2) is 0 Å². The first kappa shape index (κ1) is 14.9. The predicted octanol–water partition coefficient (Wildman–Crippen LogP) is 2.97. The summed E-state index contributed by atoms with van der Waals surface area (Å²) in [6, 6.07) is 10.0. The normalized spacial score (nSPS) is 14.1. The van der Waals surface area contributed by atoms with Gasteiger partial charge in [0.1, 0.15) is 5.66 Å². The molecule has 2 atom stereocenters. The van der Waals surface area contributed by atoms with E-state index in [9.17, 15) is 9.36 Å². The number of hydrogen-bond donors (Lipinski definition) is 1. The van der Waals surface area contributed by atoms with Crippen LogP contribution in [0.5, 0.6) is 0 Å². The lowest BCUT2D eigenvalue weighted by Crippen LogP contribution is -2.16. The van der Waals surface area contributed by atoms with Gasteiger partial charge in [0.2, 0.25) is 8.03 Å². The van der Waals surface area contributed by atoms with Gasteiger partial charge in [0, 0.05) is 7.11 Å². The molecule has 0 saturated heterocycles. The van der Waals surface area contributed by atoms with Gasteiger partial charge in [-0.2, -0.15) is 0 Å². The summed E-state index contributed by atoms with van der Waals surface area (Å²) in [5.41, 5.74) is 0.388. The Bertz CT molecular complexity index is 391. The maximum absolute atomic E-state index is 11.4. The molecule has 0 aliphatic heterocycles. The molecule has 0 bridgehead atoms. The molecule has 0 saturated carbocycles. The lowest BCUT2D eigenvalue weighted by Gasteiger charge is -2.10. The molecule has 0 aliphatic rings. The Balaban J connectivity index is 2.31. The van der Waals surface area contributed by atoms with Crippen LogP contribution >= 0.6 is 8.03 Å². The van der Waals surface area contributed by atoms with Crippen LogP contribution in [0.25, 0.3) is 0 Å². The first-order valence-corrected chi connectivity index (χ1v) is 7.39. The van der Waals surface area contributed by atoms with Gasteiger partial charge in [0.15, 0.2) is 0 Å². The SMILES string of the molecule is CO[PH](=O)C(CCCCc1ccccc1)C(=O)O. The van der Waals surface area contributed by atoms with Gasteiger partial charge in [-0.3, -0.25) is 9.36 Å². The Kier molecular flexibility index (Phi) is 6.69. The Morgan fingerprint density at radius 2 is 2.00 bits per heavy atom. The van der Waals surface area contributed by atoms with Crippen molar-refractivity contribution in [1.82, 2.24) is 0 Å². The summed E-state index contributed by atoms with van der Waals surface area (Å²) < 4.78 is 16.1. The molecule has 1 rings (SSSR count). The molecule has 5 heteroatoms. The maximum Gasteiger partial charge on any atom is 0.316 e. The summed E-state index contributed by atoms with van der Waals surface area (Å²) in [5.74, 6) is -1.03. The Labute approximate surface area is 108 Å². The summed E-state index contributed by atoms with van der Waals surface area (Å²) in [7, 11) is -1.17. The minimum atomic E-state index is -2.46. The number of carboxylic acid groups (broad SMARTS) is 1. The van der Waals surface area contributed by atoms with Crippen molar-refractivity contribution in [2.75, 3.05) is 7.11 Å². The van der Waals surface area contributed by atoms with Crippen molar-refractivity contribution in [3.63, 3.8) is 0 Å². The van der Waals surface area contributed by atoms with Crippen molar-refractivity contribution in [3.05, 3.63) is 35.9 Å². The van der Waals surface area contributed by atoms with E-state index in [1.165, 1.54) is 12.7 Å². The molecular weight excluding hydrogens is 251 g/mol. The highest BCUT2D eigenvalue weighted by Crippen LogP contribution is 2.32. The number of benzene rings is 1. The molecule has 4 nitrogen and oxygen atoms in total. The molecule has 0 spiro atoms. The first-order valence-electron chi connectivity index (χ1n) is 5.99. The van der Waals surface area contributed by atoms with Gasteiger partial charge in [-0.1, -0.05) is 36.8 Å². The molecule has 100 valence electrons. The molecule has 0 aromatic heterocycles. The van der Waals surface area contributed by atoms with E-state index in [1.54, 1.807) is 0 Å². The fourth-order valence-electron chi connectivity index (χ4n) is 1.81. The van der Waals surface area contributed by atoms with Crippen LogP contribution in [0.15, 0.2) is 30.3 Å². The highest BCUT2D eigenvalue weighted by Gasteiger charge is 2.23. The lowest BCUT2D eigenvalue weighted by atomic mass is 10.1. The quantitative estimate of drug-likeness (QED) is 0.582. The lowest BCUT2D eigenvalue weighted by molar-refractivity contribution is -0.136. The molecule has 2 unspecified atom stereocenters. The number of carboxylic acids is 1. The van der Waals surface area contributed by atoms with E-state index in [4.69, 9.17) is 5.11 Å². The average molecular weight is 270 g/mol. The van der Waals surface area contributed by atoms with E-state index in [0.717, 1.165) is 19.3 Å². The molecule has 0 amide bonds. The van der Waals surface area contributed by atoms with Crippen molar-refractivity contribution >= 4 is 14.0 Å². The molecule has 18 heavy (non-hydrogen) atoms. The number of unbranched alkanes of at least 4 members (excludes halogenated alkanes) is 1. The standard InChI is InChI=1S/C13H19O4P/c1-17-18(16)12(13(14)15)10-6-5-9-11-7-3-2-4-8-11/h2-4,7-8,12,18H,5-6,9-10H2,1H3,(H,14,15). The van der Waals surface area contributed by atoms with E-state index >= 15 is 0 Å². The van der Waals surface area contributed by atoms with Crippen molar-refractivity contribution in [1.29, 1.82) is 0 Å². The van der Waals surface area contributed by atoms with E-state index in [0.29, 0.717) is 6.42 Å². The molecule has 1 aromatic rings. The number of carbonyl (C=O) groups is 1. The second-order valence-corrected chi connectivity index (χ2v) is 5.89. The molecule has 1 N–H and O–H groups in total. The third-order valence-corrected chi connectivity index (χ3v) is 4.34. The molecule has 0 aliphatic carbocycles. The predicted molar refractivity (Wildman–Crippen MR) is 71.4 cm³/mol. The number of hydrogen-bond acceptors (Lipinski definition) is 3. The summed E-state index contributed by atoms with van der Waals surface area (Å²) in [4.78, 5) is 10.9. The van der Waals surface area contributed by atoms with Gasteiger partial charge in [0.25, 0.3) is 0 Å². The number of aryl methyl sites for hydroxylation is 1. The summed E-state index contributed by atoms with van der Waals surface area (Å²) in [6.45, 7) is 0. The first-order chi connectivity index (χ1) is 8.65. The fraction of sp³-hybridized carbons (Fsp3) is 0.462. The summed E-state index contributed by atoms with van der Waals surface area (Å²) in [5, 5.41) is 8.94. The highest BCUT2D eigenvalue weighted by molar-refractivity contribution is 7.41. The van der Waals surface area contributed by atoms with Gasteiger partial charge >= 0.3 is 5.97 Å². The van der Waals surface area contributed by atoms with Crippen LogP contribution in [0.4, 0.5) is 0 Å². The van der Waals surface area contributed by atoms with E-state index in [-0.39, 0.29) is 0 Å². The van der Waals surface area contributed by atoms with E-state index in [1.807, 2.05) is 30.3 Å². The molecule has 0 radical (unpaired) electrons. The van der Waals surface area contributed by atoms with E-state index < -0.39 is 19.7 Å². The van der Waals surface area contributed by atoms with E-state index in [2.05, 4.69) is 4.52 Å². The topological polar surface area (TPSA) is 63.6 Å². The Hall–Kier alpha value is -1.12. The second kappa shape index (κ2) is 8.06. The van der Waals surface area contributed by atoms with Crippen LogP contribution in [0.2, 0.25) is 0 Å². The smallest absolute Gasteiger partial charge is 0.316 e. The third kappa shape index (κ3) is 5.03. The minimum absolute atomic E-state index is 0.411. The zero-order valence-electron chi connectivity index (χ0n) is 10.5. The van der Waals surface area contributed by atoms with Crippen LogP contribution in [0.3, 0.4) is 0 Å². The largest absolute Gasteiger partial charge is 0.481 e. The van der Waals surface area contributed by atoms with Crippen LogP contribution < -0.4 is 0 Å². The number of aliphatic carboxylic acids is 1. The van der Waals surface area contributed by atoms with Crippen LogP contribution in [0, 0.1) is 0 Å². The molecule has 0 fully saturated rings. The highest BCUT2D eigenvalue weighted by atomic mass is 31.1. The van der Waals surface area contributed by atoms with Gasteiger partial charge in [0.05, 0.1) is 0 Å². The fourth-order valence-corrected chi connectivity index (χ4v) is 2.73. The second-order valence-electron chi connectivity index (χ2n) is 4.15. The zero-order chi connectivity index (χ0) is 13.4. The molecular formula is C13H19O4P. The van der Waals surface area contributed by atoms with Gasteiger partial charge in [-0.05, 0) is 24.8 Å². The third-order valence-electron chi connectivity index (χ3n) is 2.83. The maximum atomic E-state index is 11.4. The summed E-state index contributed by atoms with van der Waals surface area (Å²) in [6.07, 6.45) is 2.97. The van der Waals surface area contributed by atoms with Gasteiger partial charge < -0.3 is 9.63 Å². The number of rotatable bonds is 8. The zero-order valence-corrected chi connectivity index (χ0v) is 11.5. The average Bonchev–Trinajstić information content (AvgIpc) is 2.38. The minimum Gasteiger partial charge on any atom is -0.481 e. The van der Waals surface area contributed by atoms with Crippen LogP contribution in [-0.2, 0) is 20.3 Å².